The number of halogens is 1. The van der Waals surface area contributed by atoms with Crippen LogP contribution in [0, 0.1) is 5.92 Å². The summed E-state index contributed by atoms with van der Waals surface area (Å²) >= 11 is 14.5. The predicted octanol–water partition coefficient (Wildman–Crippen LogP) is 3.58. The first-order chi connectivity index (χ1) is 6.11. The molecule has 1 aliphatic heterocycles. The first-order valence-corrected chi connectivity index (χ1v) is 6.91. The van der Waals surface area contributed by atoms with Gasteiger partial charge in [-0.2, -0.15) is 0 Å². The third-order valence-electron chi connectivity index (χ3n) is 1.94. The molecule has 13 heavy (non-hydrogen) atoms. The maximum Gasteiger partial charge on any atom is 0.116 e. The highest BCUT2D eigenvalue weighted by Crippen LogP contribution is 2.33. The molecule has 0 aromatic rings. The Balaban J connectivity index is 3.01. The Bertz CT molecular complexity index is 275. The molecule has 0 aromatic carbocycles. The molecule has 0 aromatic heterocycles. The molecule has 72 valence electrons. The molecule has 0 saturated heterocycles. The highest BCUT2D eigenvalue weighted by atomic mass is 127. The summed E-state index contributed by atoms with van der Waals surface area (Å²) in [4.78, 5) is 3.06. The van der Waals surface area contributed by atoms with Crippen LogP contribution in [0.1, 0.15) is 13.3 Å². The fraction of sp³-hybridized carbons (Fsp3) is 0.500. The normalized spacial score (nSPS) is 23.5. The quantitative estimate of drug-likeness (QED) is 0.428. The van der Waals surface area contributed by atoms with E-state index >= 15 is 0 Å². The molecule has 1 heterocycles. The fourth-order valence-corrected chi connectivity index (χ4v) is 3.32. The number of thiocarbonyl (C=S) groups is 2. The lowest BCUT2D eigenvalue weighted by Gasteiger charge is -2.29. The van der Waals surface area contributed by atoms with E-state index in [2.05, 4.69) is 42.1 Å². The SMILES string of the molecule is CCC1C(=S)N(I)C(=S)C=C1SC. The highest BCUT2D eigenvalue weighted by molar-refractivity contribution is 14.1. The molecular weight excluding hydrogens is 333 g/mol. The Hall–Kier alpha value is 0.800. The van der Waals surface area contributed by atoms with Crippen molar-refractivity contribution < 1.29 is 0 Å². The minimum atomic E-state index is 0.383. The van der Waals surface area contributed by atoms with Gasteiger partial charge >= 0.3 is 0 Å². The van der Waals surface area contributed by atoms with Crippen LogP contribution in [0.4, 0.5) is 0 Å². The molecule has 0 bridgehead atoms. The summed E-state index contributed by atoms with van der Waals surface area (Å²) in [7, 11) is 0. The van der Waals surface area contributed by atoms with Crippen molar-refractivity contribution in [3.8, 4) is 0 Å². The summed E-state index contributed by atoms with van der Waals surface area (Å²) in [5.41, 5.74) is 0. The summed E-state index contributed by atoms with van der Waals surface area (Å²) in [6.07, 6.45) is 5.17. The van der Waals surface area contributed by atoms with E-state index in [9.17, 15) is 0 Å². The van der Waals surface area contributed by atoms with Crippen LogP contribution in [0.15, 0.2) is 11.0 Å². The third kappa shape index (κ3) is 2.43. The number of hydrogen-bond donors (Lipinski definition) is 0. The van der Waals surface area contributed by atoms with E-state index in [1.54, 1.807) is 11.8 Å². The van der Waals surface area contributed by atoms with Crippen LogP contribution < -0.4 is 0 Å². The van der Waals surface area contributed by atoms with Gasteiger partial charge in [-0.25, -0.2) is 0 Å². The van der Waals surface area contributed by atoms with Crippen LogP contribution in [0.2, 0.25) is 0 Å². The Kier molecular flexibility index (Phi) is 4.61. The Morgan fingerprint density at radius 1 is 1.62 bits per heavy atom. The molecule has 0 amide bonds. The van der Waals surface area contributed by atoms with E-state index < -0.39 is 0 Å². The van der Waals surface area contributed by atoms with Crippen molar-refractivity contribution in [2.45, 2.75) is 13.3 Å². The van der Waals surface area contributed by atoms with E-state index in [-0.39, 0.29) is 0 Å². The molecule has 1 nitrogen and oxygen atoms in total. The zero-order valence-corrected chi connectivity index (χ0v) is 12.0. The lowest BCUT2D eigenvalue weighted by molar-refractivity contribution is 0.768. The van der Waals surface area contributed by atoms with Gasteiger partial charge in [0, 0.05) is 5.92 Å². The summed E-state index contributed by atoms with van der Waals surface area (Å²) in [5.74, 6) is 0.383. The van der Waals surface area contributed by atoms with Crippen molar-refractivity contribution in [3.05, 3.63) is 11.0 Å². The number of thioether (sulfide) groups is 1. The van der Waals surface area contributed by atoms with Crippen LogP contribution >= 0.6 is 59.1 Å². The molecule has 0 radical (unpaired) electrons. The number of hydrogen-bond acceptors (Lipinski definition) is 3. The van der Waals surface area contributed by atoms with Crippen molar-refractivity contribution in [1.82, 2.24) is 3.11 Å². The standard InChI is InChI=1S/C8H10INS3/c1-3-5-6(13-2)4-7(11)10(9)8(5)12/h4-5H,3H2,1-2H3. The summed E-state index contributed by atoms with van der Waals surface area (Å²) in [6, 6.07) is 0. The van der Waals surface area contributed by atoms with Crippen LogP contribution in [0.3, 0.4) is 0 Å². The predicted molar refractivity (Wildman–Crippen MR) is 76.4 cm³/mol. The molecule has 0 fully saturated rings. The van der Waals surface area contributed by atoms with Gasteiger partial charge in [-0.1, -0.05) is 31.4 Å². The summed E-state index contributed by atoms with van der Waals surface area (Å²) in [6.45, 7) is 2.15. The van der Waals surface area contributed by atoms with E-state index in [0.717, 1.165) is 16.4 Å². The monoisotopic (exact) mass is 343 g/mol. The Morgan fingerprint density at radius 3 is 2.69 bits per heavy atom. The van der Waals surface area contributed by atoms with Crippen molar-refractivity contribution in [2.75, 3.05) is 6.26 Å². The second-order valence-electron chi connectivity index (χ2n) is 2.67. The number of nitrogens with zero attached hydrogens (tertiary/aromatic N) is 1. The average molecular weight is 343 g/mol. The van der Waals surface area contributed by atoms with Crippen molar-refractivity contribution in [2.24, 2.45) is 5.92 Å². The topological polar surface area (TPSA) is 3.24 Å². The molecular formula is C8H10INS3. The molecule has 0 aliphatic carbocycles. The van der Waals surface area contributed by atoms with Gasteiger partial charge in [-0.05, 0) is 23.7 Å². The van der Waals surface area contributed by atoms with Crippen molar-refractivity contribution >= 4 is 69.0 Å². The van der Waals surface area contributed by atoms with Gasteiger partial charge in [-0.3, -0.25) is 3.11 Å². The summed E-state index contributed by atoms with van der Waals surface area (Å²) in [5, 5.41) is 0. The third-order valence-corrected chi connectivity index (χ3v) is 5.27. The van der Waals surface area contributed by atoms with Gasteiger partial charge in [0.15, 0.2) is 0 Å². The first kappa shape index (κ1) is 11.9. The second-order valence-corrected chi connectivity index (χ2v) is 5.35. The summed E-state index contributed by atoms with van der Waals surface area (Å²) < 4.78 is 1.90. The van der Waals surface area contributed by atoms with E-state index in [1.807, 2.05) is 3.11 Å². The van der Waals surface area contributed by atoms with Gasteiger partial charge in [0.1, 0.15) is 9.98 Å². The smallest absolute Gasteiger partial charge is 0.116 e. The molecule has 1 atom stereocenters. The first-order valence-electron chi connectivity index (χ1n) is 3.91. The van der Waals surface area contributed by atoms with Crippen LogP contribution in [0.25, 0.3) is 0 Å². The lowest BCUT2D eigenvalue weighted by Crippen LogP contribution is -2.34. The van der Waals surface area contributed by atoms with Gasteiger partial charge in [-0.15, -0.1) is 11.8 Å². The fourth-order valence-electron chi connectivity index (χ4n) is 1.22. The van der Waals surface area contributed by atoms with Crippen LogP contribution in [-0.4, -0.2) is 19.3 Å². The zero-order chi connectivity index (χ0) is 10.0. The van der Waals surface area contributed by atoms with Gasteiger partial charge in [0.25, 0.3) is 0 Å². The van der Waals surface area contributed by atoms with Crippen molar-refractivity contribution in [3.63, 3.8) is 0 Å². The Labute approximate surface area is 108 Å². The molecule has 0 spiro atoms. The second kappa shape index (κ2) is 5.04. The maximum atomic E-state index is 5.35. The highest BCUT2D eigenvalue weighted by Gasteiger charge is 2.27. The largest absolute Gasteiger partial charge is 0.266 e. The van der Waals surface area contributed by atoms with Gasteiger partial charge < -0.3 is 0 Å². The van der Waals surface area contributed by atoms with E-state index in [4.69, 9.17) is 24.4 Å². The van der Waals surface area contributed by atoms with Gasteiger partial charge in [0.05, 0.1) is 22.9 Å². The number of rotatable bonds is 2. The van der Waals surface area contributed by atoms with Crippen molar-refractivity contribution in [1.29, 1.82) is 0 Å². The minimum absolute atomic E-state index is 0.383. The molecule has 5 heteroatoms. The average Bonchev–Trinajstić information content (AvgIpc) is 2.13. The van der Waals surface area contributed by atoms with E-state index in [0.29, 0.717) is 5.92 Å². The van der Waals surface area contributed by atoms with Crippen LogP contribution in [-0.2, 0) is 0 Å². The maximum absolute atomic E-state index is 5.35. The van der Waals surface area contributed by atoms with Gasteiger partial charge in [0.2, 0.25) is 0 Å². The molecule has 1 aliphatic rings. The lowest BCUT2D eigenvalue weighted by atomic mass is 10.0. The zero-order valence-electron chi connectivity index (χ0n) is 7.41. The minimum Gasteiger partial charge on any atom is -0.266 e. The molecule has 0 saturated carbocycles. The molecule has 1 unspecified atom stereocenters. The Morgan fingerprint density at radius 2 is 2.23 bits per heavy atom. The van der Waals surface area contributed by atoms with E-state index in [1.165, 1.54) is 4.91 Å². The molecule has 1 rings (SSSR count). The van der Waals surface area contributed by atoms with Crippen LogP contribution in [0.5, 0.6) is 0 Å². The molecule has 0 N–H and O–H groups in total.